The van der Waals surface area contributed by atoms with Crippen LogP contribution in [0.4, 0.5) is 0 Å². The van der Waals surface area contributed by atoms with Gasteiger partial charge in [0.2, 0.25) is 0 Å². The zero-order chi connectivity index (χ0) is 14.7. The van der Waals surface area contributed by atoms with Crippen LogP contribution in [0.2, 0.25) is 0 Å². The summed E-state index contributed by atoms with van der Waals surface area (Å²) in [6, 6.07) is 0. The quantitative estimate of drug-likeness (QED) is 0.463. The average Bonchev–Trinajstić information content (AvgIpc) is 2.27. The van der Waals surface area contributed by atoms with E-state index in [1.54, 1.807) is 0 Å². The summed E-state index contributed by atoms with van der Waals surface area (Å²) >= 11 is 0. The highest BCUT2D eigenvalue weighted by Crippen LogP contribution is 2.16. The molecule has 19 heavy (non-hydrogen) atoms. The third-order valence-corrected chi connectivity index (χ3v) is 3.69. The highest BCUT2D eigenvalue weighted by molar-refractivity contribution is 7.37. The van der Waals surface area contributed by atoms with E-state index in [2.05, 4.69) is 45.9 Å². The van der Waals surface area contributed by atoms with Crippen LogP contribution in [0.15, 0.2) is 34.9 Å². The summed E-state index contributed by atoms with van der Waals surface area (Å²) in [6.07, 6.45) is 12.2. The molecule has 0 heterocycles. The minimum absolute atomic E-state index is 0.416. The van der Waals surface area contributed by atoms with Gasteiger partial charge < -0.3 is 4.89 Å². The molecule has 0 aromatic rings. The summed E-state index contributed by atoms with van der Waals surface area (Å²) in [7, 11) is -2.29. The maximum absolute atomic E-state index is 10.6. The molecule has 0 bridgehead atoms. The second-order valence-corrected chi connectivity index (χ2v) is 6.68. The van der Waals surface area contributed by atoms with Gasteiger partial charge >= 0.3 is 0 Å². The van der Waals surface area contributed by atoms with E-state index < -0.39 is 8.03 Å². The minimum atomic E-state index is -2.29. The molecule has 0 aliphatic rings. The Bertz CT molecular complexity index is 361. The Labute approximate surface area is 119 Å². The molecule has 110 valence electrons. The Kier molecular flexibility index (Phi) is 10.9. The monoisotopic (exact) mass is 284 g/mol. The molecular weight excluding hydrogens is 255 g/mol. The smallest absolute Gasteiger partial charge is 0.189 e. The number of hydrogen-bond donors (Lipinski definition) is 1. The van der Waals surface area contributed by atoms with Crippen molar-refractivity contribution in [1.29, 1.82) is 0 Å². The van der Waals surface area contributed by atoms with Gasteiger partial charge in [-0.1, -0.05) is 34.9 Å². The van der Waals surface area contributed by atoms with Crippen molar-refractivity contribution in [2.24, 2.45) is 0 Å². The van der Waals surface area contributed by atoms with Crippen molar-refractivity contribution in [3.05, 3.63) is 34.9 Å². The summed E-state index contributed by atoms with van der Waals surface area (Å²) in [5, 5.41) is 0. The van der Waals surface area contributed by atoms with Gasteiger partial charge in [0.25, 0.3) is 0 Å². The molecule has 0 aromatic heterocycles. The Morgan fingerprint density at radius 1 is 0.895 bits per heavy atom. The van der Waals surface area contributed by atoms with Crippen LogP contribution in [0.3, 0.4) is 0 Å². The molecule has 1 N–H and O–H groups in total. The minimum Gasteiger partial charge on any atom is -0.346 e. The molecule has 1 unspecified atom stereocenters. The van der Waals surface area contributed by atoms with Crippen molar-refractivity contribution in [1.82, 2.24) is 0 Å². The van der Waals surface area contributed by atoms with Gasteiger partial charge in [-0.2, -0.15) is 0 Å². The van der Waals surface area contributed by atoms with E-state index in [1.807, 2.05) is 0 Å². The third kappa shape index (κ3) is 13.6. The lowest BCUT2D eigenvalue weighted by Crippen LogP contribution is -1.82. The molecule has 0 amide bonds. The van der Waals surface area contributed by atoms with E-state index in [1.165, 1.54) is 16.7 Å². The van der Waals surface area contributed by atoms with Crippen molar-refractivity contribution in [2.45, 2.75) is 59.8 Å². The Morgan fingerprint density at radius 2 is 1.37 bits per heavy atom. The van der Waals surface area contributed by atoms with Crippen LogP contribution < -0.4 is 0 Å². The first-order valence-electron chi connectivity index (χ1n) is 7.08. The second kappa shape index (κ2) is 11.3. The lowest BCUT2D eigenvalue weighted by molar-refractivity contribution is 0.503. The van der Waals surface area contributed by atoms with Gasteiger partial charge in [-0.15, -0.1) is 0 Å². The fourth-order valence-electron chi connectivity index (χ4n) is 1.78. The molecule has 0 radical (unpaired) electrons. The SMILES string of the molecule is CC(C)=CCCC(C)=CCCC(C)=CCC[PH](=O)O. The van der Waals surface area contributed by atoms with Crippen molar-refractivity contribution in [3.63, 3.8) is 0 Å². The van der Waals surface area contributed by atoms with E-state index in [0.29, 0.717) is 6.16 Å². The van der Waals surface area contributed by atoms with E-state index in [0.717, 1.165) is 32.1 Å². The molecule has 0 aliphatic heterocycles. The number of allylic oxidation sites excluding steroid dienone is 6. The molecule has 3 heteroatoms. The van der Waals surface area contributed by atoms with Crippen LogP contribution >= 0.6 is 8.03 Å². The molecule has 0 saturated heterocycles. The van der Waals surface area contributed by atoms with Crippen molar-refractivity contribution >= 4 is 8.03 Å². The fourth-order valence-corrected chi connectivity index (χ4v) is 2.17. The molecule has 0 aliphatic carbocycles. The van der Waals surface area contributed by atoms with Crippen LogP contribution in [0, 0.1) is 0 Å². The standard InChI is InChI=1S/C16H29O2P/c1-14(2)8-5-9-15(3)10-6-11-16(4)12-7-13-19(17)18/h8,10,12,19H,5-7,9,11,13H2,1-4H3,(H,17,18). The van der Waals surface area contributed by atoms with Gasteiger partial charge in [0.15, 0.2) is 8.03 Å². The average molecular weight is 284 g/mol. The normalized spacial score (nSPS) is 14.4. The van der Waals surface area contributed by atoms with E-state index in [4.69, 9.17) is 4.89 Å². The molecule has 0 aromatic carbocycles. The summed E-state index contributed by atoms with van der Waals surface area (Å²) in [5.41, 5.74) is 4.15. The second-order valence-electron chi connectivity index (χ2n) is 5.39. The summed E-state index contributed by atoms with van der Waals surface area (Å²) in [6.45, 7) is 8.55. The molecule has 0 rings (SSSR count). The highest BCUT2D eigenvalue weighted by Gasteiger charge is 1.93. The van der Waals surface area contributed by atoms with E-state index in [9.17, 15) is 4.57 Å². The van der Waals surface area contributed by atoms with Gasteiger partial charge in [-0.3, -0.25) is 4.57 Å². The first kappa shape index (κ1) is 18.4. The Balaban J connectivity index is 3.86. The van der Waals surface area contributed by atoms with Crippen LogP contribution in [-0.2, 0) is 4.57 Å². The third-order valence-electron chi connectivity index (χ3n) is 2.97. The first-order valence-corrected chi connectivity index (χ1v) is 8.64. The highest BCUT2D eigenvalue weighted by atomic mass is 31.1. The largest absolute Gasteiger partial charge is 0.346 e. The van der Waals surface area contributed by atoms with Crippen LogP contribution in [-0.4, -0.2) is 11.1 Å². The lowest BCUT2D eigenvalue weighted by atomic mass is 10.1. The zero-order valence-corrected chi connectivity index (χ0v) is 13.8. The van der Waals surface area contributed by atoms with Gasteiger partial charge in [0.1, 0.15) is 0 Å². The molecule has 2 nitrogen and oxygen atoms in total. The predicted molar refractivity (Wildman–Crippen MR) is 86.1 cm³/mol. The predicted octanol–water partition coefficient (Wildman–Crippen LogP) is 5.26. The van der Waals surface area contributed by atoms with Crippen molar-refractivity contribution in [2.75, 3.05) is 6.16 Å². The Morgan fingerprint density at radius 3 is 1.84 bits per heavy atom. The van der Waals surface area contributed by atoms with Crippen LogP contribution in [0.25, 0.3) is 0 Å². The zero-order valence-electron chi connectivity index (χ0n) is 12.8. The topological polar surface area (TPSA) is 37.3 Å². The maximum atomic E-state index is 10.6. The molecular formula is C16H29O2P. The maximum Gasteiger partial charge on any atom is 0.189 e. The molecule has 1 atom stereocenters. The first-order chi connectivity index (χ1) is 8.91. The fraction of sp³-hybridized carbons (Fsp3) is 0.625. The molecule has 0 spiro atoms. The summed E-state index contributed by atoms with van der Waals surface area (Å²) in [4.78, 5) is 8.74. The van der Waals surface area contributed by atoms with Gasteiger partial charge in [0, 0.05) is 6.16 Å². The van der Waals surface area contributed by atoms with Gasteiger partial charge in [-0.25, -0.2) is 0 Å². The van der Waals surface area contributed by atoms with Crippen LogP contribution in [0.5, 0.6) is 0 Å². The van der Waals surface area contributed by atoms with Gasteiger partial charge in [0.05, 0.1) is 0 Å². The molecule has 0 saturated carbocycles. The Hall–Kier alpha value is -0.590. The van der Waals surface area contributed by atoms with Gasteiger partial charge in [-0.05, 0) is 59.8 Å². The lowest BCUT2D eigenvalue weighted by Gasteiger charge is -2.01. The molecule has 0 fully saturated rings. The van der Waals surface area contributed by atoms with E-state index >= 15 is 0 Å². The number of rotatable bonds is 9. The van der Waals surface area contributed by atoms with Crippen molar-refractivity contribution in [3.8, 4) is 0 Å². The number of hydrogen-bond acceptors (Lipinski definition) is 1. The van der Waals surface area contributed by atoms with Crippen molar-refractivity contribution < 1.29 is 9.46 Å². The summed E-state index contributed by atoms with van der Waals surface area (Å²) in [5.74, 6) is 0. The van der Waals surface area contributed by atoms with Crippen LogP contribution in [0.1, 0.15) is 59.8 Å². The summed E-state index contributed by atoms with van der Waals surface area (Å²) < 4.78 is 10.6. The van der Waals surface area contributed by atoms with E-state index in [-0.39, 0.29) is 0 Å².